The first-order chi connectivity index (χ1) is 10.9. The first-order valence-corrected chi connectivity index (χ1v) is 7.93. The van der Waals surface area contributed by atoms with Gasteiger partial charge in [0.15, 0.2) is 11.9 Å². The monoisotopic (exact) mass is 331 g/mol. The fraction of sp³-hybridized carbons (Fsp3) is 0.235. The molecule has 2 aromatic rings. The summed E-state index contributed by atoms with van der Waals surface area (Å²) in [7, 11) is 0. The molecule has 0 saturated heterocycles. The number of benzene rings is 1. The molecule has 0 fully saturated rings. The summed E-state index contributed by atoms with van der Waals surface area (Å²) in [4.78, 5) is 35.9. The van der Waals surface area contributed by atoms with Gasteiger partial charge < -0.3 is 10.1 Å². The second kappa shape index (κ2) is 7.19. The molecule has 6 heteroatoms. The van der Waals surface area contributed by atoms with Crippen molar-refractivity contribution >= 4 is 34.7 Å². The van der Waals surface area contributed by atoms with Crippen LogP contribution >= 0.6 is 11.3 Å². The second-order valence-electron chi connectivity index (χ2n) is 5.11. The van der Waals surface area contributed by atoms with Crippen molar-refractivity contribution in [3.05, 3.63) is 51.7 Å². The lowest BCUT2D eigenvalue weighted by Crippen LogP contribution is -2.30. The fourth-order valence-corrected chi connectivity index (χ4v) is 2.72. The molecule has 0 saturated carbocycles. The number of aryl methyl sites for hydroxylation is 1. The van der Waals surface area contributed by atoms with Crippen LogP contribution in [-0.2, 0) is 9.53 Å². The number of hydrogen-bond acceptors (Lipinski definition) is 5. The molecule has 1 aromatic carbocycles. The highest BCUT2D eigenvalue weighted by molar-refractivity contribution is 7.12. The number of Topliss-reactive ketones (excluding diaryl/α,β-unsaturated/α-hetero) is 1. The molecule has 0 spiro atoms. The van der Waals surface area contributed by atoms with Crippen molar-refractivity contribution in [2.24, 2.45) is 0 Å². The maximum Gasteiger partial charge on any atom is 0.349 e. The van der Waals surface area contributed by atoms with Crippen LogP contribution in [-0.4, -0.2) is 23.8 Å². The lowest BCUT2D eigenvalue weighted by Gasteiger charge is -2.13. The minimum atomic E-state index is -0.940. The summed E-state index contributed by atoms with van der Waals surface area (Å²) in [6, 6.07) is 8.42. The van der Waals surface area contributed by atoms with Gasteiger partial charge in [-0.3, -0.25) is 9.59 Å². The van der Waals surface area contributed by atoms with Gasteiger partial charge in [-0.25, -0.2) is 4.79 Å². The number of anilines is 1. The van der Waals surface area contributed by atoms with E-state index in [-0.39, 0.29) is 5.78 Å². The summed E-state index contributed by atoms with van der Waals surface area (Å²) in [5.74, 6) is -1.06. The van der Waals surface area contributed by atoms with E-state index in [1.54, 1.807) is 29.6 Å². The predicted octanol–water partition coefficient (Wildman–Crippen LogP) is 3.44. The van der Waals surface area contributed by atoms with Crippen LogP contribution < -0.4 is 5.32 Å². The van der Waals surface area contributed by atoms with Gasteiger partial charge in [-0.2, -0.15) is 0 Å². The predicted molar refractivity (Wildman–Crippen MR) is 89.0 cm³/mol. The lowest BCUT2D eigenvalue weighted by atomic mass is 10.1. The Labute approximate surface area is 138 Å². The van der Waals surface area contributed by atoms with Crippen molar-refractivity contribution < 1.29 is 19.1 Å². The molecule has 0 aliphatic carbocycles. The third-order valence-corrected chi connectivity index (χ3v) is 4.23. The third-order valence-electron chi connectivity index (χ3n) is 3.24. The van der Waals surface area contributed by atoms with Gasteiger partial charge in [0.1, 0.15) is 4.88 Å². The van der Waals surface area contributed by atoms with Crippen LogP contribution in [0.5, 0.6) is 0 Å². The van der Waals surface area contributed by atoms with Gasteiger partial charge in [0.25, 0.3) is 5.91 Å². The molecule has 5 nitrogen and oxygen atoms in total. The van der Waals surface area contributed by atoms with Gasteiger partial charge in [-0.05, 0) is 49.9 Å². The maximum absolute atomic E-state index is 12.1. The Kier molecular flexibility index (Phi) is 5.28. The van der Waals surface area contributed by atoms with Gasteiger partial charge in [0, 0.05) is 11.3 Å². The Morgan fingerprint density at radius 2 is 1.96 bits per heavy atom. The maximum atomic E-state index is 12.1. The topological polar surface area (TPSA) is 72.5 Å². The average molecular weight is 331 g/mol. The molecule has 1 heterocycles. The zero-order valence-corrected chi connectivity index (χ0v) is 13.9. The van der Waals surface area contributed by atoms with E-state index in [4.69, 9.17) is 4.74 Å². The number of carbonyl (C=O) groups is 3. The highest BCUT2D eigenvalue weighted by Gasteiger charge is 2.21. The van der Waals surface area contributed by atoms with E-state index >= 15 is 0 Å². The van der Waals surface area contributed by atoms with E-state index in [0.29, 0.717) is 16.1 Å². The summed E-state index contributed by atoms with van der Waals surface area (Å²) in [5.41, 5.74) is 1.81. The first kappa shape index (κ1) is 16.9. The summed E-state index contributed by atoms with van der Waals surface area (Å²) in [5, 5.41) is 4.43. The average Bonchev–Trinajstić information content (AvgIpc) is 2.93. The molecule has 1 atom stereocenters. The number of thiophene rings is 1. The Morgan fingerprint density at radius 1 is 1.22 bits per heavy atom. The van der Waals surface area contributed by atoms with E-state index in [0.717, 1.165) is 5.56 Å². The second-order valence-corrected chi connectivity index (χ2v) is 6.02. The largest absolute Gasteiger partial charge is 0.448 e. The van der Waals surface area contributed by atoms with Crippen LogP contribution in [0.25, 0.3) is 0 Å². The summed E-state index contributed by atoms with van der Waals surface area (Å²) in [6.07, 6.45) is -0.940. The van der Waals surface area contributed by atoms with Crippen LogP contribution in [0.15, 0.2) is 35.7 Å². The lowest BCUT2D eigenvalue weighted by molar-refractivity contribution is -0.123. The number of hydrogen-bond donors (Lipinski definition) is 1. The molecule has 1 N–H and O–H groups in total. The molecule has 120 valence electrons. The van der Waals surface area contributed by atoms with E-state index < -0.39 is 18.0 Å². The summed E-state index contributed by atoms with van der Waals surface area (Å²) >= 11 is 1.28. The van der Waals surface area contributed by atoms with Crippen LogP contribution in [0.4, 0.5) is 5.69 Å². The fourth-order valence-electron chi connectivity index (χ4n) is 1.91. The quantitative estimate of drug-likeness (QED) is 0.673. The van der Waals surface area contributed by atoms with Gasteiger partial charge in [-0.1, -0.05) is 12.1 Å². The van der Waals surface area contributed by atoms with Crippen molar-refractivity contribution in [2.45, 2.75) is 26.9 Å². The number of rotatable bonds is 5. The number of ether oxygens (including phenoxy) is 1. The molecule has 23 heavy (non-hydrogen) atoms. The van der Waals surface area contributed by atoms with Crippen LogP contribution in [0.2, 0.25) is 0 Å². The normalized spacial score (nSPS) is 11.6. The van der Waals surface area contributed by atoms with Crippen LogP contribution in [0, 0.1) is 6.92 Å². The van der Waals surface area contributed by atoms with E-state index in [1.807, 2.05) is 13.0 Å². The van der Waals surface area contributed by atoms with Crippen molar-refractivity contribution in [3.8, 4) is 0 Å². The van der Waals surface area contributed by atoms with E-state index in [2.05, 4.69) is 5.32 Å². The third kappa shape index (κ3) is 4.26. The van der Waals surface area contributed by atoms with Crippen molar-refractivity contribution in [3.63, 3.8) is 0 Å². The molecular weight excluding hydrogens is 314 g/mol. The molecule has 1 amide bonds. The highest BCUT2D eigenvalue weighted by atomic mass is 32.1. The minimum absolute atomic E-state index is 0.0891. The van der Waals surface area contributed by atoms with Crippen LogP contribution in [0.1, 0.15) is 39.4 Å². The Bertz CT molecular complexity index is 751. The number of nitrogens with one attached hydrogen (secondary N) is 1. The standard InChI is InChI=1S/C17H17NO4S/c1-10-7-8-23-15(10)17(21)22-12(3)16(20)18-14-6-4-5-13(9-14)11(2)19/h4-9,12H,1-3H3,(H,18,20). The Morgan fingerprint density at radius 3 is 2.57 bits per heavy atom. The molecule has 0 radical (unpaired) electrons. The molecule has 0 bridgehead atoms. The smallest absolute Gasteiger partial charge is 0.349 e. The number of carbonyl (C=O) groups excluding carboxylic acids is 3. The van der Waals surface area contributed by atoms with Crippen LogP contribution in [0.3, 0.4) is 0 Å². The molecule has 2 rings (SSSR count). The number of ketones is 1. The van der Waals surface area contributed by atoms with Crippen molar-refractivity contribution in [2.75, 3.05) is 5.32 Å². The molecule has 1 unspecified atom stereocenters. The zero-order chi connectivity index (χ0) is 17.0. The first-order valence-electron chi connectivity index (χ1n) is 7.05. The van der Waals surface area contributed by atoms with E-state index in [1.165, 1.54) is 25.2 Å². The van der Waals surface area contributed by atoms with E-state index in [9.17, 15) is 14.4 Å². The number of amides is 1. The summed E-state index contributed by atoms with van der Waals surface area (Å²) in [6.45, 7) is 4.77. The number of esters is 1. The summed E-state index contributed by atoms with van der Waals surface area (Å²) < 4.78 is 5.18. The zero-order valence-electron chi connectivity index (χ0n) is 13.1. The van der Waals surface area contributed by atoms with Crippen molar-refractivity contribution in [1.29, 1.82) is 0 Å². The Balaban J connectivity index is 2.00. The molecule has 1 aromatic heterocycles. The highest BCUT2D eigenvalue weighted by Crippen LogP contribution is 2.18. The SMILES string of the molecule is CC(=O)c1cccc(NC(=O)C(C)OC(=O)c2sccc2C)c1. The van der Waals surface area contributed by atoms with Gasteiger partial charge in [-0.15, -0.1) is 11.3 Å². The minimum Gasteiger partial charge on any atom is -0.448 e. The Hall–Kier alpha value is -2.47. The van der Waals surface area contributed by atoms with Crippen molar-refractivity contribution in [1.82, 2.24) is 0 Å². The van der Waals surface area contributed by atoms with Gasteiger partial charge in [0.2, 0.25) is 0 Å². The van der Waals surface area contributed by atoms with Gasteiger partial charge >= 0.3 is 5.97 Å². The molecular formula is C17H17NO4S. The van der Waals surface area contributed by atoms with Gasteiger partial charge in [0.05, 0.1) is 0 Å². The molecule has 0 aliphatic rings. The molecule has 0 aliphatic heterocycles.